The van der Waals surface area contributed by atoms with Crippen molar-refractivity contribution in [2.24, 2.45) is 11.5 Å². The molecule has 0 saturated heterocycles. The highest BCUT2D eigenvalue weighted by Crippen LogP contribution is 2.34. The lowest BCUT2D eigenvalue weighted by Crippen LogP contribution is -2.44. The van der Waals surface area contributed by atoms with E-state index >= 15 is 0 Å². The first-order valence-corrected chi connectivity index (χ1v) is 6.97. The van der Waals surface area contributed by atoms with Gasteiger partial charge in [0.2, 0.25) is 0 Å². The number of carbonyl (C=O) groups is 3. The van der Waals surface area contributed by atoms with Crippen molar-refractivity contribution in [3.63, 3.8) is 0 Å². The summed E-state index contributed by atoms with van der Waals surface area (Å²) in [4.78, 5) is 32.3. The van der Waals surface area contributed by atoms with Crippen molar-refractivity contribution in [3.8, 4) is 0 Å². The number of aliphatic carboxylic acids is 3. The van der Waals surface area contributed by atoms with Crippen LogP contribution in [0.1, 0.15) is 6.92 Å². The van der Waals surface area contributed by atoms with Crippen LogP contribution >= 0.6 is 21.6 Å². The van der Waals surface area contributed by atoms with Gasteiger partial charge in [0.15, 0.2) is 0 Å². The Kier molecular flexibility index (Phi) is 7.06. The van der Waals surface area contributed by atoms with Crippen LogP contribution in [0.15, 0.2) is 0 Å². The van der Waals surface area contributed by atoms with Crippen LogP contribution in [0.4, 0.5) is 0 Å². The molecule has 0 aliphatic carbocycles. The van der Waals surface area contributed by atoms with Crippen LogP contribution in [0.5, 0.6) is 0 Å². The Labute approximate surface area is 110 Å². The van der Waals surface area contributed by atoms with Crippen molar-refractivity contribution in [3.05, 3.63) is 0 Å². The first kappa shape index (κ1) is 17.0. The molecule has 0 bridgehead atoms. The SMILES string of the molecule is CC(N)C(SSC(C(=O)O)C(N)C(=O)O)C(=O)O. The minimum absolute atomic E-state index is 0.581. The minimum Gasteiger partial charge on any atom is -0.480 e. The molecular formula is C8H14N2O6S2. The van der Waals surface area contributed by atoms with Crippen molar-refractivity contribution < 1.29 is 29.7 Å². The number of carboxylic acid groups (broad SMARTS) is 3. The fourth-order valence-electron chi connectivity index (χ4n) is 0.858. The van der Waals surface area contributed by atoms with Crippen LogP contribution in [0.3, 0.4) is 0 Å². The second-order valence-corrected chi connectivity index (χ2v) is 5.99. The summed E-state index contributed by atoms with van der Waals surface area (Å²) in [6, 6.07) is -2.34. The average molecular weight is 298 g/mol. The summed E-state index contributed by atoms with van der Waals surface area (Å²) in [5.41, 5.74) is 10.6. The fraction of sp³-hybridized carbons (Fsp3) is 0.625. The highest BCUT2D eigenvalue weighted by Gasteiger charge is 2.34. The zero-order valence-corrected chi connectivity index (χ0v) is 11.0. The summed E-state index contributed by atoms with van der Waals surface area (Å²) >= 11 is 0. The topological polar surface area (TPSA) is 164 Å². The quantitative estimate of drug-likeness (QED) is 0.352. The monoisotopic (exact) mass is 298 g/mol. The Hall–Kier alpha value is -0.970. The predicted octanol–water partition coefficient (Wildman–Crippen LogP) is -0.967. The summed E-state index contributed by atoms with van der Waals surface area (Å²) in [6.45, 7) is 1.46. The van der Waals surface area contributed by atoms with Gasteiger partial charge in [-0.3, -0.25) is 14.4 Å². The van der Waals surface area contributed by atoms with E-state index in [-0.39, 0.29) is 0 Å². The third-order valence-electron chi connectivity index (χ3n) is 1.84. The molecule has 0 saturated carbocycles. The second kappa shape index (κ2) is 7.46. The van der Waals surface area contributed by atoms with Gasteiger partial charge < -0.3 is 26.8 Å². The number of hydrogen-bond donors (Lipinski definition) is 5. The molecule has 10 heteroatoms. The van der Waals surface area contributed by atoms with E-state index in [2.05, 4.69) is 0 Å². The van der Waals surface area contributed by atoms with Crippen molar-refractivity contribution >= 4 is 39.5 Å². The minimum atomic E-state index is -1.62. The summed E-state index contributed by atoms with van der Waals surface area (Å²) in [6.07, 6.45) is 0. The molecule has 0 aromatic rings. The molecule has 0 aromatic heterocycles. The van der Waals surface area contributed by atoms with Gasteiger partial charge >= 0.3 is 17.9 Å². The highest BCUT2D eigenvalue weighted by atomic mass is 33.1. The van der Waals surface area contributed by atoms with E-state index in [4.69, 9.17) is 26.8 Å². The number of nitrogens with two attached hydrogens (primary N) is 2. The largest absolute Gasteiger partial charge is 0.480 e. The van der Waals surface area contributed by atoms with E-state index in [9.17, 15) is 14.4 Å². The summed E-state index contributed by atoms with van der Waals surface area (Å²) in [7, 11) is 1.27. The van der Waals surface area contributed by atoms with Crippen LogP contribution in [-0.2, 0) is 14.4 Å². The molecule has 0 heterocycles. The van der Waals surface area contributed by atoms with Crippen LogP contribution < -0.4 is 11.5 Å². The zero-order valence-electron chi connectivity index (χ0n) is 9.35. The molecule has 0 aliphatic rings. The molecule has 7 N–H and O–H groups in total. The van der Waals surface area contributed by atoms with Crippen LogP contribution in [0, 0.1) is 0 Å². The van der Waals surface area contributed by atoms with E-state index < -0.39 is 40.5 Å². The van der Waals surface area contributed by atoms with Gasteiger partial charge in [-0.25, -0.2) is 0 Å². The molecule has 0 fully saturated rings. The maximum absolute atomic E-state index is 10.8. The van der Waals surface area contributed by atoms with Gasteiger partial charge in [0.05, 0.1) is 0 Å². The van der Waals surface area contributed by atoms with Gasteiger partial charge in [-0.15, -0.1) is 0 Å². The third-order valence-corrected chi connectivity index (χ3v) is 5.07. The summed E-state index contributed by atoms with van der Waals surface area (Å²) < 4.78 is 0. The molecule has 0 aliphatic heterocycles. The van der Waals surface area contributed by atoms with Crippen molar-refractivity contribution in [2.45, 2.75) is 29.5 Å². The molecule has 0 spiro atoms. The number of carboxylic acids is 3. The molecule has 0 aromatic carbocycles. The molecule has 18 heavy (non-hydrogen) atoms. The Morgan fingerprint density at radius 1 is 0.889 bits per heavy atom. The Morgan fingerprint density at radius 2 is 1.28 bits per heavy atom. The lowest BCUT2D eigenvalue weighted by Gasteiger charge is -2.19. The smallest absolute Gasteiger partial charge is 0.322 e. The molecule has 8 nitrogen and oxygen atoms in total. The van der Waals surface area contributed by atoms with Gasteiger partial charge in [-0.05, 0) is 6.92 Å². The Morgan fingerprint density at radius 3 is 1.56 bits per heavy atom. The third kappa shape index (κ3) is 5.12. The lowest BCUT2D eigenvalue weighted by molar-refractivity contribution is -0.144. The normalized spacial score (nSPS) is 17.5. The van der Waals surface area contributed by atoms with Gasteiger partial charge in [-0.1, -0.05) is 21.6 Å². The average Bonchev–Trinajstić information content (AvgIpc) is 2.21. The Bertz CT molecular complexity index is 338. The van der Waals surface area contributed by atoms with Gasteiger partial charge in [0.25, 0.3) is 0 Å². The molecule has 0 radical (unpaired) electrons. The van der Waals surface area contributed by atoms with Gasteiger partial charge in [-0.2, -0.15) is 0 Å². The first-order chi connectivity index (χ1) is 8.18. The molecule has 0 rings (SSSR count). The lowest BCUT2D eigenvalue weighted by atomic mass is 10.2. The number of rotatable bonds is 8. The highest BCUT2D eigenvalue weighted by molar-refractivity contribution is 8.77. The molecular weight excluding hydrogens is 284 g/mol. The van der Waals surface area contributed by atoms with Crippen LogP contribution in [0.2, 0.25) is 0 Å². The first-order valence-electron chi connectivity index (χ1n) is 4.70. The summed E-state index contributed by atoms with van der Waals surface area (Å²) in [5.74, 6) is -4.09. The van der Waals surface area contributed by atoms with Crippen LogP contribution in [0.25, 0.3) is 0 Å². The second-order valence-electron chi connectivity index (χ2n) is 3.43. The van der Waals surface area contributed by atoms with E-state index in [1.54, 1.807) is 0 Å². The summed E-state index contributed by atoms with van der Waals surface area (Å²) in [5, 5.41) is 23.8. The van der Waals surface area contributed by atoms with Gasteiger partial charge in [0.1, 0.15) is 16.5 Å². The standard InChI is InChI=1S/C8H14N2O6S2/c1-2(9)4(7(13)14)17-18-5(8(15)16)3(10)6(11)12/h2-5H,9-10H2,1H3,(H,11,12)(H,13,14)(H,15,16). The molecule has 104 valence electrons. The fourth-order valence-corrected chi connectivity index (χ4v) is 3.77. The van der Waals surface area contributed by atoms with Crippen molar-refractivity contribution in [1.29, 1.82) is 0 Å². The predicted molar refractivity (Wildman–Crippen MR) is 67.3 cm³/mol. The zero-order chi connectivity index (χ0) is 14.5. The van der Waals surface area contributed by atoms with E-state index in [1.165, 1.54) is 6.92 Å². The molecule has 4 atom stereocenters. The maximum atomic E-state index is 10.8. The molecule has 0 amide bonds. The van der Waals surface area contributed by atoms with Gasteiger partial charge in [0, 0.05) is 6.04 Å². The van der Waals surface area contributed by atoms with E-state index in [0.717, 1.165) is 0 Å². The van der Waals surface area contributed by atoms with Crippen molar-refractivity contribution in [1.82, 2.24) is 0 Å². The van der Waals surface area contributed by atoms with Crippen molar-refractivity contribution in [2.75, 3.05) is 0 Å². The van der Waals surface area contributed by atoms with E-state index in [1.807, 2.05) is 0 Å². The van der Waals surface area contributed by atoms with E-state index in [0.29, 0.717) is 21.6 Å². The van der Waals surface area contributed by atoms with Crippen LogP contribution in [-0.4, -0.2) is 55.8 Å². The number of hydrogen-bond acceptors (Lipinski definition) is 7. The Balaban J connectivity index is 4.66. The molecule has 4 unspecified atom stereocenters. The maximum Gasteiger partial charge on any atom is 0.322 e.